The van der Waals surface area contributed by atoms with E-state index in [2.05, 4.69) is 15.4 Å². The summed E-state index contributed by atoms with van der Waals surface area (Å²) >= 11 is 0. The van der Waals surface area contributed by atoms with Crippen LogP contribution in [-0.2, 0) is 6.18 Å². The number of halogens is 3. The van der Waals surface area contributed by atoms with Gasteiger partial charge < -0.3 is 10.2 Å². The molecule has 0 atom stereocenters. The normalized spacial score (nSPS) is 17.1. The number of hydrogen-bond acceptors (Lipinski definition) is 4. The van der Waals surface area contributed by atoms with Crippen molar-refractivity contribution in [3.05, 3.63) is 24.0 Å². The topological polar surface area (TPSA) is 45.5 Å². The van der Waals surface area contributed by atoms with E-state index in [9.17, 15) is 13.2 Å². The van der Waals surface area contributed by atoms with E-state index in [0.717, 1.165) is 19.2 Å². The SMILES string of the molecule is FC(F)(F)c1cc(N2CCNCC2)n2nccc2n1. The van der Waals surface area contributed by atoms with E-state index in [1.165, 1.54) is 16.8 Å². The molecule has 5 nitrogen and oxygen atoms in total. The Morgan fingerprint density at radius 2 is 1.95 bits per heavy atom. The number of rotatable bonds is 1. The van der Waals surface area contributed by atoms with Crippen molar-refractivity contribution < 1.29 is 13.2 Å². The molecule has 0 spiro atoms. The van der Waals surface area contributed by atoms with Gasteiger partial charge in [-0.3, -0.25) is 0 Å². The molecule has 102 valence electrons. The number of nitrogens with zero attached hydrogens (tertiary/aromatic N) is 4. The molecule has 2 aromatic heterocycles. The zero-order valence-electron chi connectivity index (χ0n) is 9.98. The minimum Gasteiger partial charge on any atom is -0.354 e. The fourth-order valence-corrected chi connectivity index (χ4v) is 2.16. The molecule has 0 radical (unpaired) electrons. The third-order valence-corrected chi connectivity index (χ3v) is 3.07. The van der Waals surface area contributed by atoms with E-state index < -0.39 is 11.9 Å². The first kappa shape index (κ1) is 12.2. The lowest BCUT2D eigenvalue weighted by molar-refractivity contribution is -0.141. The van der Waals surface area contributed by atoms with E-state index in [1.807, 2.05) is 4.90 Å². The summed E-state index contributed by atoms with van der Waals surface area (Å²) in [6.07, 6.45) is -3.00. The van der Waals surface area contributed by atoms with E-state index in [1.54, 1.807) is 0 Å². The van der Waals surface area contributed by atoms with Gasteiger partial charge in [-0.15, -0.1) is 0 Å². The van der Waals surface area contributed by atoms with Gasteiger partial charge in [-0.05, 0) is 0 Å². The molecule has 3 heterocycles. The maximum atomic E-state index is 12.8. The molecule has 0 bridgehead atoms. The molecule has 19 heavy (non-hydrogen) atoms. The molecular weight excluding hydrogens is 259 g/mol. The average Bonchev–Trinajstić information content (AvgIpc) is 2.85. The van der Waals surface area contributed by atoms with Crippen LogP contribution in [-0.4, -0.2) is 40.8 Å². The minimum atomic E-state index is -4.45. The molecule has 1 aliphatic heterocycles. The van der Waals surface area contributed by atoms with Crippen molar-refractivity contribution in [1.29, 1.82) is 0 Å². The van der Waals surface area contributed by atoms with Crippen molar-refractivity contribution in [2.75, 3.05) is 31.1 Å². The minimum absolute atomic E-state index is 0.211. The molecule has 0 amide bonds. The summed E-state index contributed by atoms with van der Waals surface area (Å²) in [6.45, 7) is 2.78. The quantitative estimate of drug-likeness (QED) is 0.845. The first-order chi connectivity index (χ1) is 9.05. The highest BCUT2D eigenvalue weighted by molar-refractivity contribution is 5.51. The van der Waals surface area contributed by atoms with Crippen LogP contribution in [0, 0.1) is 0 Å². The van der Waals surface area contributed by atoms with Crippen molar-refractivity contribution in [3.8, 4) is 0 Å². The summed E-state index contributed by atoms with van der Waals surface area (Å²) in [6, 6.07) is 2.53. The lowest BCUT2D eigenvalue weighted by atomic mass is 10.3. The zero-order valence-corrected chi connectivity index (χ0v) is 9.98. The van der Waals surface area contributed by atoms with Gasteiger partial charge in [0.15, 0.2) is 11.3 Å². The van der Waals surface area contributed by atoms with Crippen molar-refractivity contribution in [3.63, 3.8) is 0 Å². The Kier molecular flexibility index (Phi) is 2.81. The molecule has 0 unspecified atom stereocenters. The van der Waals surface area contributed by atoms with Crippen molar-refractivity contribution in [2.24, 2.45) is 0 Å². The number of anilines is 1. The Bertz CT molecular complexity index is 586. The Labute approximate surface area is 107 Å². The molecule has 1 N–H and O–H groups in total. The first-order valence-electron chi connectivity index (χ1n) is 5.93. The van der Waals surface area contributed by atoms with Crippen LogP contribution in [0.1, 0.15) is 5.69 Å². The van der Waals surface area contributed by atoms with Crippen LogP contribution in [0.5, 0.6) is 0 Å². The zero-order chi connectivity index (χ0) is 13.5. The second-order valence-electron chi connectivity index (χ2n) is 4.34. The molecule has 8 heteroatoms. The largest absolute Gasteiger partial charge is 0.433 e. The first-order valence-corrected chi connectivity index (χ1v) is 5.93. The van der Waals surface area contributed by atoms with E-state index in [4.69, 9.17) is 0 Å². The fraction of sp³-hybridized carbons (Fsp3) is 0.455. The number of hydrogen-bond donors (Lipinski definition) is 1. The van der Waals surface area contributed by atoms with Crippen molar-refractivity contribution in [2.45, 2.75) is 6.18 Å². The van der Waals surface area contributed by atoms with Crippen LogP contribution < -0.4 is 10.2 Å². The molecular formula is C11H12F3N5. The monoisotopic (exact) mass is 271 g/mol. The maximum Gasteiger partial charge on any atom is 0.433 e. The number of alkyl halides is 3. The van der Waals surface area contributed by atoms with Crippen LogP contribution in [0.4, 0.5) is 19.0 Å². The highest BCUT2D eigenvalue weighted by atomic mass is 19.4. The van der Waals surface area contributed by atoms with E-state index in [0.29, 0.717) is 18.9 Å². The van der Waals surface area contributed by atoms with Crippen LogP contribution >= 0.6 is 0 Å². The van der Waals surface area contributed by atoms with Gasteiger partial charge >= 0.3 is 6.18 Å². The van der Waals surface area contributed by atoms with Crippen molar-refractivity contribution >= 4 is 11.5 Å². The Balaban J connectivity index is 2.12. The number of piperazine rings is 1. The van der Waals surface area contributed by atoms with Crippen LogP contribution in [0.25, 0.3) is 5.65 Å². The van der Waals surface area contributed by atoms with E-state index >= 15 is 0 Å². The third-order valence-electron chi connectivity index (χ3n) is 3.07. The molecule has 0 aromatic carbocycles. The Hall–Kier alpha value is -1.83. The lowest BCUT2D eigenvalue weighted by Crippen LogP contribution is -2.44. The third kappa shape index (κ3) is 2.23. The molecule has 2 aromatic rings. The lowest BCUT2D eigenvalue weighted by Gasteiger charge is -2.29. The summed E-state index contributed by atoms with van der Waals surface area (Å²) in [5, 5.41) is 7.20. The van der Waals surface area contributed by atoms with Crippen LogP contribution in [0.3, 0.4) is 0 Å². The second-order valence-corrected chi connectivity index (χ2v) is 4.34. The standard InChI is InChI=1S/C11H12F3N5/c12-11(13,14)8-7-10(18-5-3-15-4-6-18)19-9(17-8)1-2-16-19/h1-2,7,15H,3-6H2. The Morgan fingerprint density at radius 1 is 1.21 bits per heavy atom. The molecule has 3 rings (SSSR count). The summed E-state index contributed by atoms with van der Waals surface area (Å²) in [5.41, 5.74) is -0.669. The van der Waals surface area contributed by atoms with Gasteiger partial charge in [0, 0.05) is 38.3 Å². The predicted octanol–water partition coefficient (Wildman–Crippen LogP) is 1.16. The van der Waals surface area contributed by atoms with Gasteiger partial charge in [-0.2, -0.15) is 22.8 Å². The van der Waals surface area contributed by atoms with Gasteiger partial charge in [-0.25, -0.2) is 4.98 Å². The number of nitrogens with one attached hydrogen (secondary N) is 1. The summed E-state index contributed by atoms with van der Waals surface area (Å²) in [5.74, 6) is 0.434. The highest BCUT2D eigenvalue weighted by Crippen LogP contribution is 2.30. The van der Waals surface area contributed by atoms with Gasteiger partial charge in [0.25, 0.3) is 0 Å². The summed E-state index contributed by atoms with van der Waals surface area (Å²) in [7, 11) is 0. The summed E-state index contributed by atoms with van der Waals surface area (Å²) < 4.78 is 40.0. The second kappa shape index (κ2) is 4.37. The molecule has 0 saturated carbocycles. The fourth-order valence-electron chi connectivity index (χ4n) is 2.16. The predicted molar refractivity (Wildman–Crippen MR) is 63.1 cm³/mol. The Morgan fingerprint density at radius 3 is 2.63 bits per heavy atom. The average molecular weight is 271 g/mol. The number of aromatic nitrogens is 3. The maximum absolute atomic E-state index is 12.8. The van der Waals surface area contributed by atoms with Gasteiger partial charge in [0.05, 0.1) is 6.20 Å². The molecule has 1 aliphatic rings. The summed E-state index contributed by atoms with van der Waals surface area (Å²) in [4.78, 5) is 5.48. The van der Waals surface area contributed by atoms with Crippen molar-refractivity contribution in [1.82, 2.24) is 19.9 Å². The molecule has 0 aliphatic carbocycles. The number of fused-ring (bicyclic) bond motifs is 1. The van der Waals surface area contributed by atoms with Gasteiger partial charge in [0.2, 0.25) is 0 Å². The molecule has 1 fully saturated rings. The van der Waals surface area contributed by atoms with Crippen LogP contribution in [0.15, 0.2) is 18.3 Å². The highest BCUT2D eigenvalue weighted by Gasteiger charge is 2.34. The van der Waals surface area contributed by atoms with Crippen LogP contribution in [0.2, 0.25) is 0 Å². The van der Waals surface area contributed by atoms with Gasteiger partial charge in [0.1, 0.15) is 5.82 Å². The molecule has 1 saturated heterocycles. The van der Waals surface area contributed by atoms with E-state index in [-0.39, 0.29) is 5.65 Å². The van der Waals surface area contributed by atoms with Gasteiger partial charge in [-0.1, -0.05) is 0 Å². The smallest absolute Gasteiger partial charge is 0.354 e.